The van der Waals surface area contributed by atoms with Gasteiger partial charge in [-0.3, -0.25) is 4.79 Å². The number of pyridine rings is 1. The van der Waals surface area contributed by atoms with Crippen molar-refractivity contribution in [3.05, 3.63) is 51.9 Å². The number of nitrogens with zero attached hydrogens (tertiary/aromatic N) is 3. The van der Waals surface area contributed by atoms with Gasteiger partial charge in [-0.2, -0.15) is 0 Å². The molecule has 4 rings (SSSR count). The number of amides is 2. The first-order valence-electron chi connectivity index (χ1n) is 10.6. The summed E-state index contributed by atoms with van der Waals surface area (Å²) < 4.78 is 21.3. The van der Waals surface area contributed by atoms with Gasteiger partial charge in [0.25, 0.3) is 5.91 Å². The molecule has 0 aliphatic carbocycles. The molecule has 0 bridgehead atoms. The largest absolute Gasteiger partial charge is 0.444 e. The topological polar surface area (TPSA) is 75.9 Å². The summed E-state index contributed by atoms with van der Waals surface area (Å²) in [5.41, 5.74) is 0.802. The molecule has 0 radical (unpaired) electrons. The van der Waals surface area contributed by atoms with Crippen LogP contribution in [0.5, 0.6) is 0 Å². The molecule has 1 N–H and O–H groups in total. The maximum absolute atomic E-state index is 14.3. The van der Waals surface area contributed by atoms with Gasteiger partial charge in [0, 0.05) is 36.4 Å². The Hall–Kier alpha value is -2.94. The van der Waals surface area contributed by atoms with Crippen molar-refractivity contribution in [1.82, 2.24) is 14.3 Å². The first kappa shape index (κ1) is 22.3. The van der Waals surface area contributed by atoms with Crippen LogP contribution in [0.1, 0.15) is 59.8 Å². The average Bonchev–Trinajstić information content (AvgIpc) is 3.33. The SMILES string of the molecule is Cc1cn2cc(NC(=O)c3ccc(C4CCN(C(=O)OC(C)(C)C)CC4)s3)cc(F)c2n1. The monoisotopic (exact) mass is 458 g/mol. The van der Waals surface area contributed by atoms with Crippen LogP contribution in [0.2, 0.25) is 0 Å². The Morgan fingerprint density at radius 3 is 2.62 bits per heavy atom. The fraction of sp³-hybridized carbons (Fsp3) is 0.435. The molecule has 4 heterocycles. The van der Waals surface area contributed by atoms with Crippen LogP contribution in [0.3, 0.4) is 0 Å². The standard InChI is InChI=1S/C23H27FN4O3S/c1-14-12-28-13-16(11-17(24)20(28)25-14)26-21(29)19-6-5-18(32-19)15-7-9-27(10-8-15)22(30)31-23(2,3)4/h5-6,11-13,15H,7-10H2,1-4H3,(H,26,29). The number of halogens is 1. The highest BCUT2D eigenvalue weighted by Gasteiger charge is 2.28. The third-order valence-electron chi connectivity index (χ3n) is 5.28. The molecule has 0 saturated carbocycles. The van der Waals surface area contributed by atoms with Crippen LogP contribution in [0.25, 0.3) is 5.65 Å². The molecule has 1 fully saturated rings. The number of ether oxygens (including phenoxy) is 1. The summed E-state index contributed by atoms with van der Waals surface area (Å²) in [5, 5.41) is 2.77. The predicted molar refractivity (Wildman–Crippen MR) is 122 cm³/mol. The van der Waals surface area contributed by atoms with E-state index in [1.54, 1.807) is 34.7 Å². The van der Waals surface area contributed by atoms with Crippen molar-refractivity contribution in [2.75, 3.05) is 18.4 Å². The van der Waals surface area contributed by atoms with Crippen LogP contribution in [-0.2, 0) is 4.74 Å². The molecule has 0 unspecified atom stereocenters. The Bertz CT molecular complexity index is 1160. The quantitative estimate of drug-likeness (QED) is 0.585. The number of aromatic nitrogens is 2. The van der Waals surface area contributed by atoms with Crippen molar-refractivity contribution in [2.45, 2.75) is 52.1 Å². The molecular weight excluding hydrogens is 431 g/mol. The van der Waals surface area contributed by atoms with Crippen LogP contribution < -0.4 is 5.32 Å². The number of hydrogen-bond acceptors (Lipinski definition) is 5. The number of rotatable bonds is 3. The molecule has 3 aromatic heterocycles. The first-order valence-corrected chi connectivity index (χ1v) is 11.4. The highest BCUT2D eigenvalue weighted by molar-refractivity contribution is 7.14. The van der Waals surface area contributed by atoms with E-state index in [-0.39, 0.29) is 17.6 Å². The summed E-state index contributed by atoms with van der Waals surface area (Å²) in [5.74, 6) is -0.467. The van der Waals surface area contributed by atoms with E-state index in [9.17, 15) is 14.0 Å². The van der Waals surface area contributed by atoms with Crippen LogP contribution in [0, 0.1) is 12.7 Å². The third kappa shape index (κ3) is 4.93. The van der Waals surface area contributed by atoms with Crippen LogP contribution in [0.4, 0.5) is 14.9 Å². The van der Waals surface area contributed by atoms with Gasteiger partial charge in [0.05, 0.1) is 16.3 Å². The van der Waals surface area contributed by atoms with Crippen LogP contribution in [0.15, 0.2) is 30.6 Å². The zero-order chi connectivity index (χ0) is 23.0. The van der Waals surface area contributed by atoms with Gasteiger partial charge in [-0.15, -0.1) is 11.3 Å². The lowest BCUT2D eigenvalue weighted by Gasteiger charge is -2.33. The summed E-state index contributed by atoms with van der Waals surface area (Å²) in [6.07, 6.45) is 4.73. The minimum atomic E-state index is -0.506. The van der Waals surface area contributed by atoms with Crippen molar-refractivity contribution in [3.63, 3.8) is 0 Å². The molecule has 3 aromatic rings. The van der Waals surface area contributed by atoms with E-state index < -0.39 is 11.4 Å². The Labute approximate surface area is 190 Å². The zero-order valence-corrected chi connectivity index (χ0v) is 19.5. The van der Waals surface area contributed by atoms with E-state index in [0.717, 1.165) is 17.7 Å². The molecule has 0 atom stereocenters. The maximum Gasteiger partial charge on any atom is 0.410 e. The predicted octanol–water partition coefficient (Wildman–Crippen LogP) is 5.21. The Balaban J connectivity index is 1.38. The van der Waals surface area contributed by atoms with Gasteiger partial charge in [0.15, 0.2) is 11.5 Å². The highest BCUT2D eigenvalue weighted by atomic mass is 32.1. The number of fused-ring (bicyclic) bond motifs is 1. The number of aryl methyl sites for hydroxylation is 1. The summed E-state index contributed by atoms with van der Waals surface area (Å²) in [6, 6.07) is 5.04. The molecule has 0 spiro atoms. The van der Waals surface area contributed by atoms with Crippen LogP contribution >= 0.6 is 11.3 Å². The second-order valence-electron chi connectivity index (χ2n) is 9.09. The van der Waals surface area contributed by atoms with Gasteiger partial charge in [-0.1, -0.05) is 0 Å². The van der Waals surface area contributed by atoms with Gasteiger partial charge in [-0.25, -0.2) is 14.2 Å². The molecule has 170 valence electrons. The number of thiophene rings is 1. The summed E-state index contributed by atoms with van der Waals surface area (Å²) in [7, 11) is 0. The van der Waals surface area contributed by atoms with Gasteiger partial charge in [-0.05, 0) is 58.6 Å². The van der Waals surface area contributed by atoms with Crippen LogP contribution in [-0.4, -0.2) is 45.0 Å². The number of carbonyl (C=O) groups excluding carboxylic acids is 2. The smallest absolute Gasteiger partial charge is 0.410 e. The Morgan fingerprint density at radius 1 is 1.22 bits per heavy atom. The normalized spacial score (nSPS) is 15.2. The summed E-state index contributed by atoms with van der Waals surface area (Å²) >= 11 is 1.44. The number of anilines is 1. The second kappa shape index (κ2) is 8.54. The fourth-order valence-electron chi connectivity index (χ4n) is 3.81. The molecule has 1 aliphatic rings. The van der Waals surface area contributed by atoms with E-state index >= 15 is 0 Å². The molecular formula is C23H27FN4O3S. The zero-order valence-electron chi connectivity index (χ0n) is 18.6. The summed E-state index contributed by atoms with van der Waals surface area (Å²) in [4.78, 5) is 32.5. The van der Waals surface area contributed by atoms with E-state index in [2.05, 4.69) is 10.3 Å². The molecule has 0 aromatic carbocycles. The number of hydrogen-bond donors (Lipinski definition) is 1. The highest BCUT2D eigenvalue weighted by Crippen LogP contribution is 2.33. The minimum absolute atomic E-state index is 0.233. The lowest BCUT2D eigenvalue weighted by atomic mass is 9.95. The van der Waals surface area contributed by atoms with Crippen molar-refractivity contribution in [3.8, 4) is 0 Å². The molecule has 9 heteroatoms. The average molecular weight is 459 g/mol. The van der Waals surface area contributed by atoms with Crippen molar-refractivity contribution in [1.29, 1.82) is 0 Å². The van der Waals surface area contributed by atoms with Gasteiger partial charge < -0.3 is 19.4 Å². The minimum Gasteiger partial charge on any atom is -0.444 e. The fourth-order valence-corrected chi connectivity index (χ4v) is 4.88. The molecule has 1 saturated heterocycles. The van der Waals surface area contributed by atoms with E-state index in [0.29, 0.717) is 35.3 Å². The Morgan fingerprint density at radius 2 is 1.94 bits per heavy atom. The van der Waals surface area contributed by atoms with E-state index in [4.69, 9.17) is 4.74 Å². The molecule has 2 amide bonds. The number of piperidine rings is 1. The number of nitrogens with one attached hydrogen (secondary N) is 1. The number of imidazole rings is 1. The third-order valence-corrected chi connectivity index (χ3v) is 6.53. The van der Waals surface area contributed by atoms with Gasteiger partial charge in [0.1, 0.15) is 5.60 Å². The number of carbonyl (C=O) groups is 2. The lowest BCUT2D eigenvalue weighted by molar-refractivity contribution is 0.0205. The molecule has 32 heavy (non-hydrogen) atoms. The first-order chi connectivity index (χ1) is 15.1. The maximum atomic E-state index is 14.3. The molecule has 7 nitrogen and oxygen atoms in total. The van der Waals surface area contributed by atoms with E-state index in [1.807, 2.05) is 26.8 Å². The van der Waals surface area contributed by atoms with Gasteiger partial charge >= 0.3 is 6.09 Å². The van der Waals surface area contributed by atoms with Crippen molar-refractivity contribution in [2.24, 2.45) is 0 Å². The molecule has 1 aliphatic heterocycles. The van der Waals surface area contributed by atoms with Gasteiger partial charge in [0.2, 0.25) is 0 Å². The number of likely N-dealkylation sites (tertiary alicyclic amines) is 1. The second-order valence-corrected chi connectivity index (χ2v) is 10.2. The van der Waals surface area contributed by atoms with E-state index in [1.165, 1.54) is 17.4 Å². The van der Waals surface area contributed by atoms with Crippen molar-refractivity contribution < 1.29 is 18.7 Å². The van der Waals surface area contributed by atoms with Crippen molar-refractivity contribution >= 4 is 34.7 Å². The summed E-state index contributed by atoms with van der Waals surface area (Å²) in [6.45, 7) is 8.62. The lowest BCUT2D eigenvalue weighted by Crippen LogP contribution is -2.41. The Kier molecular flexibility index (Phi) is 5.94.